The van der Waals surface area contributed by atoms with Crippen molar-refractivity contribution in [1.82, 2.24) is 4.90 Å². The van der Waals surface area contributed by atoms with Crippen LogP contribution in [0.5, 0.6) is 0 Å². The maximum absolute atomic E-state index is 5.69. The lowest BCUT2D eigenvalue weighted by Gasteiger charge is -2.25. The Morgan fingerprint density at radius 2 is 2.12 bits per heavy atom. The van der Waals surface area contributed by atoms with Gasteiger partial charge in [-0.1, -0.05) is 15.9 Å². The molecule has 0 saturated carbocycles. The second-order valence-corrected chi connectivity index (χ2v) is 5.88. The number of halogens is 1. The average Bonchev–Trinajstić information content (AvgIpc) is 2.94. The zero-order chi connectivity index (χ0) is 11.2. The normalized spacial score (nSPS) is 31.3. The summed E-state index contributed by atoms with van der Waals surface area (Å²) < 4.78 is 5.69. The minimum atomic E-state index is 0.567. The van der Waals surface area contributed by atoms with Crippen LogP contribution >= 0.6 is 15.9 Å². The summed E-state index contributed by atoms with van der Waals surface area (Å²) in [6.45, 7) is 3.58. The van der Waals surface area contributed by atoms with E-state index < -0.39 is 0 Å². The molecule has 16 heavy (non-hydrogen) atoms. The predicted octanol–water partition coefficient (Wildman–Crippen LogP) is 3.20. The Morgan fingerprint density at radius 1 is 1.19 bits per heavy atom. The topological polar surface area (TPSA) is 12.5 Å². The van der Waals surface area contributed by atoms with Gasteiger partial charge < -0.3 is 9.64 Å². The summed E-state index contributed by atoms with van der Waals surface area (Å²) in [5, 5.41) is 1.16. The van der Waals surface area contributed by atoms with E-state index in [1.807, 2.05) is 0 Å². The van der Waals surface area contributed by atoms with Gasteiger partial charge in [-0.2, -0.15) is 0 Å². The molecule has 0 aromatic rings. The van der Waals surface area contributed by atoms with Crippen molar-refractivity contribution in [2.75, 3.05) is 25.0 Å². The van der Waals surface area contributed by atoms with Crippen molar-refractivity contribution in [3.63, 3.8) is 0 Å². The second-order valence-electron chi connectivity index (χ2n) is 5.09. The molecule has 0 N–H and O–H groups in total. The smallest absolute Gasteiger partial charge is 0.0588 e. The molecule has 0 aromatic heterocycles. The monoisotopic (exact) mass is 289 g/mol. The minimum absolute atomic E-state index is 0.567. The number of alkyl halides is 1. The lowest BCUT2D eigenvalue weighted by molar-refractivity contribution is 0.0895. The Balaban J connectivity index is 1.66. The van der Waals surface area contributed by atoms with Gasteiger partial charge in [0.1, 0.15) is 0 Å². The SMILES string of the molecule is BrCCCC1CCCN1CCC1CCCO1. The van der Waals surface area contributed by atoms with E-state index in [2.05, 4.69) is 20.8 Å². The highest BCUT2D eigenvalue weighted by Gasteiger charge is 2.25. The summed E-state index contributed by atoms with van der Waals surface area (Å²) in [5.74, 6) is 0. The van der Waals surface area contributed by atoms with Crippen LogP contribution in [0.4, 0.5) is 0 Å². The molecule has 2 aliphatic heterocycles. The Hall–Kier alpha value is 0.400. The Kier molecular flexibility index (Phi) is 5.60. The van der Waals surface area contributed by atoms with E-state index in [1.165, 1.54) is 58.0 Å². The van der Waals surface area contributed by atoms with Gasteiger partial charge in [-0.15, -0.1) is 0 Å². The molecular weight excluding hydrogens is 266 g/mol. The Morgan fingerprint density at radius 3 is 2.88 bits per heavy atom. The van der Waals surface area contributed by atoms with Crippen molar-refractivity contribution in [2.24, 2.45) is 0 Å². The van der Waals surface area contributed by atoms with Crippen molar-refractivity contribution in [1.29, 1.82) is 0 Å². The molecule has 94 valence electrons. The number of rotatable bonds is 6. The summed E-state index contributed by atoms with van der Waals surface area (Å²) in [5.41, 5.74) is 0. The number of hydrogen-bond acceptors (Lipinski definition) is 2. The quantitative estimate of drug-likeness (QED) is 0.697. The number of likely N-dealkylation sites (tertiary alicyclic amines) is 1. The van der Waals surface area contributed by atoms with Crippen LogP contribution in [0.25, 0.3) is 0 Å². The van der Waals surface area contributed by atoms with Gasteiger partial charge in [-0.25, -0.2) is 0 Å². The van der Waals surface area contributed by atoms with Crippen LogP contribution < -0.4 is 0 Å². The highest BCUT2D eigenvalue weighted by atomic mass is 79.9. The van der Waals surface area contributed by atoms with E-state index >= 15 is 0 Å². The molecule has 2 atom stereocenters. The molecule has 0 amide bonds. The standard InChI is InChI=1S/C13H24BrNO/c14-8-1-4-12-5-2-9-15(12)10-7-13-6-3-11-16-13/h12-13H,1-11H2. The highest BCUT2D eigenvalue weighted by Crippen LogP contribution is 2.23. The fourth-order valence-electron chi connectivity index (χ4n) is 3.01. The molecule has 2 aliphatic rings. The van der Waals surface area contributed by atoms with Gasteiger partial charge in [0, 0.05) is 24.5 Å². The fourth-order valence-corrected chi connectivity index (χ4v) is 3.33. The predicted molar refractivity (Wildman–Crippen MR) is 71.2 cm³/mol. The van der Waals surface area contributed by atoms with Gasteiger partial charge in [-0.3, -0.25) is 0 Å². The zero-order valence-corrected chi connectivity index (χ0v) is 11.8. The lowest BCUT2D eigenvalue weighted by Crippen LogP contribution is -2.32. The van der Waals surface area contributed by atoms with Crippen LogP contribution in [0.3, 0.4) is 0 Å². The van der Waals surface area contributed by atoms with Gasteiger partial charge in [0.2, 0.25) is 0 Å². The first kappa shape index (κ1) is 12.8. The summed E-state index contributed by atoms with van der Waals surface area (Å²) in [6, 6.07) is 0.860. The van der Waals surface area contributed by atoms with Crippen LogP contribution in [-0.2, 0) is 4.74 Å². The van der Waals surface area contributed by atoms with Gasteiger partial charge in [0.05, 0.1) is 6.10 Å². The van der Waals surface area contributed by atoms with Crippen molar-refractivity contribution in [3.8, 4) is 0 Å². The van der Waals surface area contributed by atoms with Crippen molar-refractivity contribution in [3.05, 3.63) is 0 Å². The molecule has 0 spiro atoms. The van der Waals surface area contributed by atoms with E-state index in [9.17, 15) is 0 Å². The number of ether oxygens (including phenoxy) is 1. The molecule has 0 bridgehead atoms. The Labute approximate surface area is 108 Å². The zero-order valence-electron chi connectivity index (χ0n) is 10.2. The minimum Gasteiger partial charge on any atom is -0.378 e. The van der Waals surface area contributed by atoms with Crippen LogP contribution in [-0.4, -0.2) is 42.1 Å². The fraction of sp³-hybridized carbons (Fsp3) is 1.00. The molecule has 2 heterocycles. The molecular formula is C13H24BrNO. The summed E-state index contributed by atoms with van der Waals surface area (Å²) in [7, 11) is 0. The third kappa shape index (κ3) is 3.71. The van der Waals surface area contributed by atoms with Crippen molar-refractivity contribution < 1.29 is 4.74 Å². The molecule has 0 aliphatic carbocycles. The van der Waals surface area contributed by atoms with Gasteiger partial charge in [0.15, 0.2) is 0 Å². The van der Waals surface area contributed by atoms with Crippen LogP contribution in [0.1, 0.15) is 44.9 Å². The van der Waals surface area contributed by atoms with Crippen LogP contribution in [0, 0.1) is 0 Å². The lowest BCUT2D eigenvalue weighted by atomic mass is 10.1. The van der Waals surface area contributed by atoms with E-state index in [1.54, 1.807) is 0 Å². The maximum atomic E-state index is 5.69. The van der Waals surface area contributed by atoms with Gasteiger partial charge >= 0.3 is 0 Å². The molecule has 0 aromatic carbocycles. The molecule has 2 saturated heterocycles. The summed E-state index contributed by atoms with van der Waals surface area (Å²) >= 11 is 3.53. The molecule has 2 fully saturated rings. The van der Waals surface area contributed by atoms with E-state index in [4.69, 9.17) is 4.74 Å². The largest absolute Gasteiger partial charge is 0.378 e. The number of hydrogen-bond donors (Lipinski definition) is 0. The first-order valence-corrected chi connectivity index (χ1v) is 7.94. The first-order valence-electron chi connectivity index (χ1n) is 6.82. The summed E-state index contributed by atoms with van der Waals surface area (Å²) in [4.78, 5) is 2.70. The molecule has 2 nitrogen and oxygen atoms in total. The van der Waals surface area contributed by atoms with Gasteiger partial charge in [0.25, 0.3) is 0 Å². The molecule has 2 unspecified atom stereocenters. The van der Waals surface area contributed by atoms with Crippen molar-refractivity contribution >= 4 is 15.9 Å². The first-order chi connectivity index (χ1) is 7.90. The average molecular weight is 290 g/mol. The van der Waals surface area contributed by atoms with Crippen LogP contribution in [0.2, 0.25) is 0 Å². The second kappa shape index (κ2) is 6.97. The van der Waals surface area contributed by atoms with E-state index in [0.717, 1.165) is 18.0 Å². The third-order valence-corrected chi connectivity index (χ3v) is 4.49. The Bertz CT molecular complexity index is 194. The van der Waals surface area contributed by atoms with E-state index in [-0.39, 0.29) is 0 Å². The maximum Gasteiger partial charge on any atom is 0.0588 e. The number of nitrogens with zero attached hydrogens (tertiary/aromatic N) is 1. The van der Waals surface area contributed by atoms with Crippen molar-refractivity contribution in [2.45, 2.75) is 57.1 Å². The highest BCUT2D eigenvalue weighted by molar-refractivity contribution is 9.09. The molecule has 2 rings (SSSR count). The summed E-state index contributed by atoms with van der Waals surface area (Å²) in [6.07, 6.45) is 9.90. The third-order valence-electron chi connectivity index (χ3n) is 3.93. The van der Waals surface area contributed by atoms with Gasteiger partial charge in [-0.05, 0) is 51.5 Å². The van der Waals surface area contributed by atoms with Crippen LogP contribution in [0.15, 0.2) is 0 Å². The molecule has 3 heteroatoms. The molecule has 0 radical (unpaired) electrons. The van der Waals surface area contributed by atoms with E-state index in [0.29, 0.717) is 6.10 Å².